The number of rotatable bonds is 5. The van der Waals surface area contributed by atoms with Crippen LogP contribution in [0.2, 0.25) is 0 Å². The van der Waals surface area contributed by atoms with E-state index >= 15 is 0 Å². The van der Waals surface area contributed by atoms with Crippen LogP contribution in [0.4, 0.5) is 5.69 Å². The second kappa shape index (κ2) is 5.42. The number of nitrogens with zero attached hydrogens (tertiary/aromatic N) is 1. The molecule has 1 aromatic carbocycles. The third-order valence-corrected chi connectivity index (χ3v) is 3.98. The second-order valence-corrected chi connectivity index (χ2v) is 5.68. The van der Waals surface area contributed by atoms with Crippen molar-refractivity contribution in [2.45, 2.75) is 24.8 Å². The molecule has 0 spiro atoms. The minimum Gasteiger partial charge on any atom is -0.329 e. The Hall–Kier alpha value is -1.51. The van der Waals surface area contributed by atoms with Crippen molar-refractivity contribution in [2.24, 2.45) is 5.73 Å². The maximum atomic E-state index is 11.9. The van der Waals surface area contributed by atoms with Gasteiger partial charge in [0.2, 0.25) is 10.0 Å². The molecule has 0 aliphatic carbocycles. The van der Waals surface area contributed by atoms with Crippen molar-refractivity contribution in [3.8, 4) is 0 Å². The zero-order chi connectivity index (χ0) is 13.9. The van der Waals surface area contributed by atoms with Crippen LogP contribution in [0.3, 0.4) is 0 Å². The number of hydrogen-bond donors (Lipinski definition) is 2. The Morgan fingerprint density at radius 1 is 1.50 bits per heavy atom. The number of hydrogen-bond acceptors (Lipinski definition) is 5. The molecule has 7 nitrogen and oxygen atoms in total. The van der Waals surface area contributed by atoms with E-state index in [1.165, 1.54) is 12.1 Å². The lowest BCUT2D eigenvalue weighted by Gasteiger charge is -2.12. The molecule has 3 N–H and O–H groups in total. The van der Waals surface area contributed by atoms with Crippen LogP contribution in [-0.4, -0.2) is 25.9 Å². The molecule has 0 saturated carbocycles. The van der Waals surface area contributed by atoms with Crippen LogP contribution < -0.4 is 10.5 Å². The fourth-order valence-electron chi connectivity index (χ4n) is 1.33. The molecule has 0 amide bonds. The highest BCUT2D eigenvalue weighted by Crippen LogP contribution is 2.22. The van der Waals surface area contributed by atoms with Crippen LogP contribution in [0.5, 0.6) is 0 Å². The maximum absolute atomic E-state index is 11.9. The Kier molecular flexibility index (Phi) is 4.38. The number of benzene rings is 1. The van der Waals surface area contributed by atoms with Gasteiger partial charge in [-0.25, -0.2) is 13.1 Å². The monoisotopic (exact) mass is 273 g/mol. The fourth-order valence-corrected chi connectivity index (χ4v) is 2.61. The Morgan fingerprint density at radius 3 is 2.61 bits per heavy atom. The Morgan fingerprint density at radius 2 is 2.11 bits per heavy atom. The highest BCUT2D eigenvalue weighted by molar-refractivity contribution is 7.89. The summed E-state index contributed by atoms with van der Waals surface area (Å²) in [5.41, 5.74) is 5.51. The lowest BCUT2D eigenvalue weighted by atomic mass is 10.2. The van der Waals surface area contributed by atoms with Gasteiger partial charge in [-0.05, 0) is 19.9 Å². The second-order valence-electron chi connectivity index (χ2n) is 3.96. The number of nitro benzene ring substituents is 1. The third-order valence-electron chi connectivity index (χ3n) is 2.40. The van der Waals surface area contributed by atoms with Crippen molar-refractivity contribution in [3.05, 3.63) is 33.9 Å². The van der Waals surface area contributed by atoms with Crippen LogP contribution in [0.15, 0.2) is 23.1 Å². The van der Waals surface area contributed by atoms with Crippen molar-refractivity contribution in [1.82, 2.24) is 4.72 Å². The van der Waals surface area contributed by atoms with Gasteiger partial charge < -0.3 is 5.73 Å². The molecular formula is C10H15N3O4S. The van der Waals surface area contributed by atoms with E-state index in [9.17, 15) is 18.5 Å². The van der Waals surface area contributed by atoms with Crippen molar-refractivity contribution in [3.63, 3.8) is 0 Å². The molecule has 0 saturated heterocycles. The average molecular weight is 273 g/mol. The molecule has 0 fully saturated rings. The molecule has 1 atom stereocenters. The van der Waals surface area contributed by atoms with Gasteiger partial charge in [0.05, 0.1) is 9.82 Å². The number of nitro groups is 1. The van der Waals surface area contributed by atoms with E-state index in [0.717, 1.165) is 6.07 Å². The van der Waals surface area contributed by atoms with E-state index in [4.69, 9.17) is 5.73 Å². The van der Waals surface area contributed by atoms with E-state index < -0.39 is 21.0 Å². The van der Waals surface area contributed by atoms with E-state index in [1.807, 2.05) is 0 Å². The van der Waals surface area contributed by atoms with Gasteiger partial charge in [0, 0.05) is 24.2 Å². The summed E-state index contributed by atoms with van der Waals surface area (Å²) in [5.74, 6) is 0. The average Bonchev–Trinajstić information content (AvgIpc) is 2.28. The lowest BCUT2D eigenvalue weighted by Crippen LogP contribution is -2.37. The van der Waals surface area contributed by atoms with Crippen LogP contribution >= 0.6 is 0 Å². The summed E-state index contributed by atoms with van der Waals surface area (Å²) in [7, 11) is -3.78. The van der Waals surface area contributed by atoms with E-state index in [-0.39, 0.29) is 17.1 Å². The molecule has 0 heterocycles. The normalized spacial score (nSPS) is 13.3. The molecular weight excluding hydrogens is 258 g/mol. The largest absolute Gasteiger partial charge is 0.329 e. The predicted molar refractivity (Wildman–Crippen MR) is 66.7 cm³/mol. The molecule has 100 valence electrons. The van der Waals surface area contributed by atoms with Gasteiger partial charge in [0.1, 0.15) is 0 Å². The molecule has 0 aliphatic rings. The number of aryl methyl sites for hydroxylation is 1. The molecule has 0 bridgehead atoms. The Labute approximate surface area is 105 Å². The number of nitrogens with two attached hydrogens (primary N) is 1. The third kappa shape index (κ3) is 3.25. The molecule has 8 heteroatoms. The van der Waals surface area contributed by atoms with Crippen molar-refractivity contribution < 1.29 is 13.3 Å². The molecule has 1 aromatic rings. The first-order chi connectivity index (χ1) is 8.27. The molecule has 0 aromatic heterocycles. The molecule has 18 heavy (non-hydrogen) atoms. The summed E-state index contributed by atoms with van der Waals surface area (Å²) in [4.78, 5) is 10.0. The smallest absolute Gasteiger partial charge is 0.273 e. The van der Waals surface area contributed by atoms with Gasteiger partial charge in [-0.1, -0.05) is 6.07 Å². The first-order valence-electron chi connectivity index (χ1n) is 5.25. The van der Waals surface area contributed by atoms with E-state index in [2.05, 4.69) is 4.72 Å². The summed E-state index contributed by atoms with van der Waals surface area (Å²) < 4.78 is 26.1. The minimum absolute atomic E-state index is 0.139. The summed E-state index contributed by atoms with van der Waals surface area (Å²) in [6.45, 7) is 3.30. The fraction of sp³-hybridized carbons (Fsp3) is 0.400. The van der Waals surface area contributed by atoms with Gasteiger partial charge in [0.25, 0.3) is 5.69 Å². The standard InChI is InChI=1S/C10H15N3O4S/c1-7-3-4-9(5-10(7)13(14)15)18(16,17)12-8(2)6-11/h3-5,8,12H,6,11H2,1-2H3/t8-/m1/s1. The molecule has 0 unspecified atom stereocenters. The summed E-state index contributed by atoms with van der Waals surface area (Å²) in [6.07, 6.45) is 0. The minimum atomic E-state index is -3.78. The molecule has 0 radical (unpaired) electrons. The number of sulfonamides is 1. The van der Waals surface area contributed by atoms with Crippen LogP contribution in [0, 0.1) is 17.0 Å². The van der Waals surface area contributed by atoms with Crippen molar-refractivity contribution >= 4 is 15.7 Å². The SMILES string of the molecule is Cc1ccc(S(=O)(=O)N[C@H](C)CN)cc1[N+](=O)[O-]. The Balaban J connectivity index is 3.18. The predicted octanol–water partition coefficient (Wildman–Crippen LogP) is 0.529. The van der Waals surface area contributed by atoms with E-state index in [1.54, 1.807) is 13.8 Å². The highest BCUT2D eigenvalue weighted by Gasteiger charge is 2.20. The van der Waals surface area contributed by atoms with Crippen molar-refractivity contribution in [1.29, 1.82) is 0 Å². The van der Waals surface area contributed by atoms with Crippen molar-refractivity contribution in [2.75, 3.05) is 6.54 Å². The highest BCUT2D eigenvalue weighted by atomic mass is 32.2. The van der Waals surface area contributed by atoms with Gasteiger partial charge in [-0.15, -0.1) is 0 Å². The molecule has 0 aliphatic heterocycles. The van der Waals surface area contributed by atoms with Gasteiger partial charge in [-0.3, -0.25) is 10.1 Å². The van der Waals surface area contributed by atoms with Gasteiger partial charge in [-0.2, -0.15) is 0 Å². The van der Waals surface area contributed by atoms with Crippen LogP contribution in [0.25, 0.3) is 0 Å². The van der Waals surface area contributed by atoms with E-state index in [0.29, 0.717) is 5.56 Å². The van der Waals surface area contributed by atoms with Gasteiger partial charge >= 0.3 is 0 Å². The number of nitrogens with one attached hydrogen (secondary N) is 1. The summed E-state index contributed by atoms with van der Waals surface area (Å²) in [6, 6.07) is 3.34. The molecule has 1 rings (SSSR count). The van der Waals surface area contributed by atoms with Gasteiger partial charge in [0.15, 0.2) is 0 Å². The topological polar surface area (TPSA) is 115 Å². The zero-order valence-electron chi connectivity index (χ0n) is 10.1. The summed E-state index contributed by atoms with van der Waals surface area (Å²) in [5, 5.41) is 10.7. The van der Waals surface area contributed by atoms with Crippen LogP contribution in [0.1, 0.15) is 12.5 Å². The maximum Gasteiger partial charge on any atom is 0.273 e. The first-order valence-corrected chi connectivity index (χ1v) is 6.73. The first kappa shape index (κ1) is 14.6. The zero-order valence-corrected chi connectivity index (χ0v) is 10.9. The van der Waals surface area contributed by atoms with Crippen LogP contribution in [-0.2, 0) is 10.0 Å². The lowest BCUT2D eigenvalue weighted by molar-refractivity contribution is -0.385. The summed E-state index contributed by atoms with van der Waals surface area (Å²) >= 11 is 0. The quantitative estimate of drug-likeness (QED) is 0.599. The Bertz CT molecular complexity index is 556.